The lowest BCUT2D eigenvalue weighted by Crippen LogP contribution is -2.23. The molecule has 0 radical (unpaired) electrons. The molecule has 0 aliphatic rings. The van der Waals surface area contributed by atoms with E-state index in [2.05, 4.69) is 17.4 Å². The smallest absolute Gasteiger partial charge is 0.251 e. The monoisotopic (exact) mass is 427 g/mol. The van der Waals surface area contributed by atoms with Crippen LogP contribution in [0.1, 0.15) is 21.5 Å². The van der Waals surface area contributed by atoms with Gasteiger partial charge in [-0.2, -0.15) is 5.10 Å². The van der Waals surface area contributed by atoms with Crippen molar-refractivity contribution < 1.29 is 14.3 Å². The van der Waals surface area contributed by atoms with Gasteiger partial charge in [-0.3, -0.25) is 9.48 Å². The normalized spacial score (nSPS) is 10.6. The Labute approximate surface area is 187 Å². The van der Waals surface area contributed by atoms with E-state index in [1.165, 1.54) is 0 Å². The number of aromatic nitrogens is 2. The Kier molecular flexibility index (Phi) is 6.51. The minimum atomic E-state index is -0.194. The summed E-state index contributed by atoms with van der Waals surface area (Å²) < 4.78 is 12.5. The second-order valence-electron chi connectivity index (χ2n) is 7.30. The fourth-order valence-corrected chi connectivity index (χ4v) is 3.54. The number of carbonyl (C=O) groups excluding carboxylic acids is 1. The minimum Gasteiger partial charge on any atom is -0.493 e. The van der Waals surface area contributed by atoms with Crippen LogP contribution in [0.2, 0.25) is 0 Å². The molecule has 4 aromatic rings. The lowest BCUT2D eigenvalue weighted by Gasteiger charge is -2.10. The lowest BCUT2D eigenvalue weighted by atomic mass is 10.1. The molecule has 1 aromatic heterocycles. The summed E-state index contributed by atoms with van der Waals surface area (Å²) >= 11 is 0. The molecule has 0 fully saturated rings. The first-order valence-electron chi connectivity index (χ1n) is 10.3. The van der Waals surface area contributed by atoms with Crippen LogP contribution in [0.25, 0.3) is 11.3 Å². The quantitative estimate of drug-likeness (QED) is 0.448. The van der Waals surface area contributed by atoms with Crippen LogP contribution in [0.3, 0.4) is 0 Å². The average Bonchev–Trinajstić information content (AvgIpc) is 3.25. The van der Waals surface area contributed by atoms with Crippen molar-refractivity contribution >= 4 is 5.91 Å². The van der Waals surface area contributed by atoms with Crippen LogP contribution >= 0.6 is 0 Å². The minimum absolute atomic E-state index is 0.194. The number of rotatable bonds is 8. The number of carbonyl (C=O) groups is 1. The van der Waals surface area contributed by atoms with Crippen LogP contribution < -0.4 is 14.8 Å². The van der Waals surface area contributed by atoms with E-state index < -0.39 is 0 Å². The van der Waals surface area contributed by atoms with Gasteiger partial charge < -0.3 is 14.8 Å². The summed E-state index contributed by atoms with van der Waals surface area (Å²) in [7, 11) is 3.11. The first-order valence-corrected chi connectivity index (χ1v) is 10.3. The maximum Gasteiger partial charge on any atom is 0.251 e. The van der Waals surface area contributed by atoms with E-state index in [4.69, 9.17) is 14.6 Å². The first kappa shape index (κ1) is 21.2. The third kappa shape index (κ3) is 4.81. The molecule has 0 unspecified atom stereocenters. The number of nitrogens with one attached hydrogen (secondary N) is 1. The van der Waals surface area contributed by atoms with Gasteiger partial charge in [0.15, 0.2) is 11.5 Å². The fourth-order valence-electron chi connectivity index (χ4n) is 3.54. The van der Waals surface area contributed by atoms with Gasteiger partial charge >= 0.3 is 0 Å². The zero-order chi connectivity index (χ0) is 22.3. The molecule has 0 aliphatic carbocycles. The summed E-state index contributed by atoms with van der Waals surface area (Å²) in [5, 5.41) is 7.81. The molecule has 0 atom stereocenters. The van der Waals surface area contributed by atoms with Gasteiger partial charge in [-0.05, 0) is 23.8 Å². The number of amides is 1. The van der Waals surface area contributed by atoms with Crippen LogP contribution in [0.5, 0.6) is 11.5 Å². The highest BCUT2D eigenvalue weighted by molar-refractivity contribution is 5.95. The predicted octanol–water partition coefficient (Wildman–Crippen LogP) is 4.55. The summed E-state index contributed by atoms with van der Waals surface area (Å²) in [6.45, 7) is 1.01. The highest BCUT2D eigenvalue weighted by Gasteiger charge is 2.15. The van der Waals surface area contributed by atoms with E-state index in [0.717, 1.165) is 22.4 Å². The molecule has 0 spiro atoms. The molecule has 6 heteroatoms. The Hall–Kier alpha value is -4.06. The number of hydrogen-bond acceptors (Lipinski definition) is 4. The van der Waals surface area contributed by atoms with Gasteiger partial charge in [0.05, 0.1) is 26.5 Å². The van der Waals surface area contributed by atoms with Crippen molar-refractivity contribution in [2.24, 2.45) is 0 Å². The second kappa shape index (κ2) is 9.83. The molecule has 0 bridgehead atoms. The van der Waals surface area contributed by atoms with Crippen molar-refractivity contribution in [3.63, 3.8) is 0 Å². The highest BCUT2D eigenvalue weighted by atomic mass is 16.5. The molecule has 0 saturated heterocycles. The van der Waals surface area contributed by atoms with E-state index in [0.29, 0.717) is 30.2 Å². The molecule has 1 N–H and O–H groups in total. The summed E-state index contributed by atoms with van der Waals surface area (Å²) in [5.74, 6) is 0.902. The number of methoxy groups -OCH3 is 2. The van der Waals surface area contributed by atoms with Crippen LogP contribution in [0.4, 0.5) is 0 Å². The Bertz CT molecular complexity index is 1190. The highest BCUT2D eigenvalue weighted by Crippen LogP contribution is 2.28. The summed E-state index contributed by atoms with van der Waals surface area (Å²) in [5.41, 5.74) is 4.47. The van der Waals surface area contributed by atoms with Crippen molar-refractivity contribution in [1.82, 2.24) is 15.1 Å². The zero-order valence-corrected chi connectivity index (χ0v) is 18.1. The van der Waals surface area contributed by atoms with Gasteiger partial charge in [0.2, 0.25) is 0 Å². The van der Waals surface area contributed by atoms with Crippen molar-refractivity contribution in [3.05, 3.63) is 102 Å². The molecule has 0 saturated carbocycles. The zero-order valence-electron chi connectivity index (χ0n) is 18.1. The van der Waals surface area contributed by atoms with Crippen molar-refractivity contribution in [2.45, 2.75) is 13.1 Å². The Balaban J connectivity index is 1.56. The van der Waals surface area contributed by atoms with Gasteiger partial charge in [-0.15, -0.1) is 0 Å². The van der Waals surface area contributed by atoms with Gasteiger partial charge in [0, 0.05) is 29.4 Å². The number of benzene rings is 3. The first-order chi connectivity index (χ1) is 15.7. The number of nitrogens with zero attached hydrogens (tertiary/aromatic N) is 2. The van der Waals surface area contributed by atoms with E-state index in [9.17, 15) is 4.79 Å². The molecule has 6 nitrogen and oxygen atoms in total. The predicted molar refractivity (Wildman–Crippen MR) is 124 cm³/mol. The largest absolute Gasteiger partial charge is 0.493 e. The molecule has 1 heterocycles. The standard InChI is InChI=1S/C26H25N3O3/c1-31-23-14-13-21(15-24(23)32-2)26(30)27-16-22-18-29(17-19-9-5-3-6-10-19)28-25(22)20-11-7-4-8-12-20/h3-15,18H,16-17H2,1-2H3,(H,27,30). The van der Waals surface area contributed by atoms with Gasteiger partial charge in [0.1, 0.15) is 0 Å². The van der Waals surface area contributed by atoms with Crippen molar-refractivity contribution in [2.75, 3.05) is 14.2 Å². The molecular weight excluding hydrogens is 402 g/mol. The van der Waals surface area contributed by atoms with Crippen LogP contribution in [0, 0.1) is 0 Å². The lowest BCUT2D eigenvalue weighted by molar-refractivity contribution is 0.0950. The molecule has 4 rings (SSSR count). The van der Waals surface area contributed by atoms with E-state index in [-0.39, 0.29) is 5.91 Å². The Morgan fingerprint density at radius 3 is 2.28 bits per heavy atom. The van der Waals surface area contributed by atoms with E-state index in [1.54, 1.807) is 32.4 Å². The molecule has 162 valence electrons. The van der Waals surface area contributed by atoms with Gasteiger partial charge in [0.25, 0.3) is 5.91 Å². The SMILES string of the molecule is COc1ccc(C(=O)NCc2cn(Cc3ccccc3)nc2-c2ccccc2)cc1OC. The summed E-state index contributed by atoms with van der Waals surface area (Å²) in [6, 6.07) is 25.3. The maximum atomic E-state index is 12.8. The second-order valence-corrected chi connectivity index (χ2v) is 7.30. The third-order valence-electron chi connectivity index (χ3n) is 5.16. The topological polar surface area (TPSA) is 65.4 Å². The Morgan fingerprint density at radius 2 is 1.59 bits per heavy atom. The van der Waals surface area contributed by atoms with Crippen LogP contribution in [0.15, 0.2) is 85.1 Å². The van der Waals surface area contributed by atoms with Crippen molar-refractivity contribution in [1.29, 1.82) is 0 Å². The number of hydrogen-bond donors (Lipinski definition) is 1. The van der Waals surface area contributed by atoms with E-state index >= 15 is 0 Å². The number of ether oxygens (including phenoxy) is 2. The average molecular weight is 428 g/mol. The maximum absolute atomic E-state index is 12.8. The van der Waals surface area contributed by atoms with E-state index in [1.807, 2.05) is 59.4 Å². The molecule has 32 heavy (non-hydrogen) atoms. The molecular formula is C26H25N3O3. The fraction of sp³-hybridized carbons (Fsp3) is 0.154. The molecule has 1 amide bonds. The summed E-state index contributed by atoms with van der Waals surface area (Å²) in [4.78, 5) is 12.8. The summed E-state index contributed by atoms with van der Waals surface area (Å²) in [6.07, 6.45) is 1.99. The molecule has 0 aliphatic heterocycles. The molecule has 3 aromatic carbocycles. The van der Waals surface area contributed by atoms with Crippen LogP contribution in [-0.2, 0) is 13.1 Å². The van der Waals surface area contributed by atoms with Gasteiger partial charge in [-0.25, -0.2) is 0 Å². The van der Waals surface area contributed by atoms with Crippen molar-refractivity contribution in [3.8, 4) is 22.8 Å². The van der Waals surface area contributed by atoms with Crippen LogP contribution in [-0.4, -0.2) is 29.9 Å². The van der Waals surface area contributed by atoms with Gasteiger partial charge in [-0.1, -0.05) is 60.7 Å². The third-order valence-corrected chi connectivity index (χ3v) is 5.16. The Morgan fingerprint density at radius 1 is 0.906 bits per heavy atom.